The number of hydrogen-bond acceptors (Lipinski definition) is 2. The first-order chi connectivity index (χ1) is 13.2. The number of amides is 1. The summed E-state index contributed by atoms with van der Waals surface area (Å²) in [4.78, 5) is 18.8. The molecule has 0 saturated carbocycles. The zero-order chi connectivity index (χ0) is 18.9. The number of hydrogen-bond donors (Lipinski definition) is 2. The van der Waals surface area contributed by atoms with E-state index in [2.05, 4.69) is 53.3 Å². The molecule has 2 aliphatic rings. The van der Waals surface area contributed by atoms with Crippen LogP contribution in [0.3, 0.4) is 0 Å². The Bertz CT molecular complexity index is 811. The maximum atomic E-state index is 12.3. The van der Waals surface area contributed by atoms with Crippen LogP contribution < -0.4 is 5.32 Å². The fraction of sp³-hybridized carbons (Fsp3) is 0.609. The molecule has 0 bridgehead atoms. The third-order valence-electron chi connectivity index (χ3n) is 6.93. The van der Waals surface area contributed by atoms with E-state index in [1.54, 1.807) is 0 Å². The third-order valence-corrected chi connectivity index (χ3v) is 6.93. The smallest absolute Gasteiger partial charge is 0.220 e. The summed E-state index contributed by atoms with van der Waals surface area (Å²) in [6.45, 7) is 7.54. The molecule has 1 saturated heterocycles. The van der Waals surface area contributed by atoms with Crippen molar-refractivity contribution < 1.29 is 4.79 Å². The molecule has 0 radical (unpaired) electrons. The average molecular weight is 368 g/mol. The summed E-state index contributed by atoms with van der Waals surface area (Å²) in [5.74, 6) is 0.217. The highest BCUT2D eigenvalue weighted by molar-refractivity contribution is 5.85. The van der Waals surface area contributed by atoms with Crippen molar-refractivity contribution in [3.63, 3.8) is 0 Å². The third kappa shape index (κ3) is 3.29. The van der Waals surface area contributed by atoms with Gasteiger partial charge in [0.05, 0.1) is 6.04 Å². The Kier molecular flexibility index (Phi) is 5.27. The van der Waals surface area contributed by atoms with Gasteiger partial charge in [0.25, 0.3) is 0 Å². The van der Waals surface area contributed by atoms with Crippen molar-refractivity contribution in [1.82, 2.24) is 15.2 Å². The van der Waals surface area contributed by atoms with Crippen molar-refractivity contribution >= 4 is 16.8 Å². The predicted octanol–water partition coefficient (Wildman–Crippen LogP) is 4.56. The van der Waals surface area contributed by atoms with E-state index < -0.39 is 0 Å². The first kappa shape index (κ1) is 18.5. The Morgan fingerprint density at radius 3 is 2.96 bits per heavy atom. The van der Waals surface area contributed by atoms with E-state index in [1.165, 1.54) is 41.5 Å². The number of aromatic amines is 1. The number of benzene rings is 1. The van der Waals surface area contributed by atoms with Gasteiger partial charge in [0.15, 0.2) is 0 Å². The quantitative estimate of drug-likeness (QED) is 0.786. The van der Waals surface area contributed by atoms with Crippen LogP contribution >= 0.6 is 0 Å². The molecule has 0 aliphatic carbocycles. The molecule has 2 atom stereocenters. The Morgan fingerprint density at radius 2 is 2.15 bits per heavy atom. The minimum atomic E-state index is 0.121. The summed E-state index contributed by atoms with van der Waals surface area (Å²) >= 11 is 0. The number of nitrogens with zero attached hydrogens (tertiary/aromatic N) is 1. The Hall–Kier alpha value is -1.81. The van der Waals surface area contributed by atoms with Crippen molar-refractivity contribution in [2.45, 2.75) is 64.8 Å². The minimum absolute atomic E-state index is 0.121. The first-order valence-corrected chi connectivity index (χ1v) is 10.8. The number of carbonyl (C=O) groups is 1. The number of nitrogens with one attached hydrogen (secondary N) is 2. The number of carbonyl (C=O) groups excluding carboxylic acids is 1. The van der Waals surface area contributed by atoms with Gasteiger partial charge in [-0.3, -0.25) is 9.69 Å². The summed E-state index contributed by atoms with van der Waals surface area (Å²) in [7, 11) is 0. The number of aromatic nitrogens is 1. The fourth-order valence-corrected chi connectivity index (χ4v) is 5.38. The highest BCUT2D eigenvalue weighted by Gasteiger charge is 2.47. The molecule has 0 spiro atoms. The van der Waals surface area contributed by atoms with E-state index in [4.69, 9.17) is 0 Å². The Labute approximate surface area is 162 Å². The Balaban J connectivity index is 1.66. The minimum Gasteiger partial charge on any atom is -0.357 e. The van der Waals surface area contributed by atoms with E-state index in [1.807, 2.05) is 0 Å². The topological polar surface area (TPSA) is 48.1 Å². The second-order valence-electron chi connectivity index (χ2n) is 8.45. The molecule has 4 heteroatoms. The molecule has 1 aromatic carbocycles. The van der Waals surface area contributed by atoms with Crippen molar-refractivity contribution in [2.24, 2.45) is 5.41 Å². The number of rotatable bonds is 6. The van der Waals surface area contributed by atoms with Crippen molar-refractivity contribution in [3.05, 3.63) is 35.5 Å². The highest BCUT2D eigenvalue weighted by Crippen LogP contribution is 2.51. The van der Waals surface area contributed by atoms with Crippen LogP contribution in [0.2, 0.25) is 0 Å². The molecule has 146 valence electrons. The lowest BCUT2D eigenvalue weighted by molar-refractivity contribution is -0.122. The van der Waals surface area contributed by atoms with Gasteiger partial charge in [-0.15, -0.1) is 0 Å². The molecule has 4 nitrogen and oxygen atoms in total. The summed E-state index contributed by atoms with van der Waals surface area (Å²) in [5.41, 5.74) is 4.29. The van der Waals surface area contributed by atoms with Gasteiger partial charge >= 0.3 is 0 Å². The molecule has 3 heterocycles. The van der Waals surface area contributed by atoms with Crippen molar-refractivity contribution in [2.75, 3.05) is 19.6 Å². The van der Waals surface area contributed by atoms with Gasteiger partial charge in [0.2, 0.25) is 5.91 Å². The zero-order valence-electron chi connectivity index (χ0n) is 16.8. The average Bonchev–Trinajstić information content (AvgIpc) is 3.09. The Morgan fingerprint density at radius 1 is 1.30 bits per heavy atom. The van der Waals surface area contributed by atoms with E-state index in [-0.39, 0.29) is 11.3 Å². The largest absolute Gasteiger partial charge is 0.357 e. The number of H-pyrrole nitrogens is 1. The normalized spacial score (nSPS) is 25.2. The van der Waals surface area contributed by atoms with Gasteiger partial charge in [-0.05, 0) is 50.3 Å². The molecular formula is C23H33N3O. The van der Waals surface area contributed by atoms with E-state index >= 15 is 0 Å². The van der Waals surface area contributed by atoms with Crippen LogP contribution in [0.1, 0.15) is 69.7 Å². The van der Waals surface area contributed by atoms with Crippen LogP contribution in [-0.4, -0.2) is 35.4 Å². The van der Waals surface area contributed by atoms with Crippen LogP contribution in [0.5, 0.6) is 0 Å². The van der Waals surface area contributed by atoms with Crippen LogP contribution in [-0.2, 0) is 11.2 Å². The van der Waals surface area contributed by atoms with Gasteiger partial charge in [-0.1, -0.05) is 38.5 Å². The zero-order valence-corrected chi connectivity index (χ0v) is 16.8. The highest BCUT2D eigenvalue weighted by atomic mass is 16.1. The standard InChI is InChI=1S/C23H33N3O/c1-3-5-11-20(27)24-16-23(4-2)13-8-14-26-15-12-18-17-9-6-7-10-19(17)25-21(18)22(23)26/h6-7,9-10,22,25H,3-5,8,11-16H2,1-2H3,(H,24,27). The van der Waals surface area contributed by atoms with Crippen LogP contribution in [0.4, 0.5) is 0 Å². The molecule has 1 fully saturated rings. The van der Waals surface area contributed by atoms with Gasteiger partial charge < -0.3 is 10.3 Å². The van der Waals surface area contributed by atoms with E-state index in [0.717, 1.165) is 38.8 Å². The number of piperidine rings is 1. The molecule has 2 N–H and O–H groups in total. The van der Waals surface area contributed by atoms with E-state index in [0.29, 0.717) is 12.5 Å². The molecule has 2 aromatic rings. The first-order valence-electron chi connectivity index (χ1n) is 10.8. The summed E-state index contributed by atoms with van der Waals surface area (Å²) in [6.07, 6.45) is 7.34. The fourth-order valence-electron chi connectivity index (χ4n) is 5.38. The maximum absolute atomic E-state index is 12.3. The lowest BCUT2D eigenvalue weighted by atomic mass is 9.68. The van der Waals surface area contributed by atoms with Gasteiger partial charge in [0, 0.05) is 41.5 Å². The molecule has 27 heavy (non-hydrogen) atoms. The molecule has 2 aliphatic heterocycles. The van der Waals surface area contributed by atoms with Crippen LogP contribution in [0.25, 0.3) is 10.9 Å². The van der Waals surface area contributed by atoms with Gasteiger partial charge in [-0.25, -0.2) is 0 Å². The second-order valence-corrected chi connectivity index (χ2v) is 8.45. The van der Waals surface area contributed by atoms with Crippen molar-refractivity contribution in [3.8, 4) is 0 Å². The van der Waals surface area contributed by atoms with E-state index in [9.17, 15) is 4.79 Å². The maximum Gasteiger partial charge on any atom is 0.220 e. The predicted molar refractivity (Wildman–Crippen MR) is 111 cm³/mol. The lowest BCUT2D eigenvalue weighted by Gasteiger charge is -2.52. The number of para-hydroxylation sites is 1. The summed E-state index contributed by atoms with van der Waals surface area (Å²) in [5, 5.41) is 4.68. The van der Waals surface area contributed by atoms with Gasteiger partial charge in [0.1, 0.15) is 0 Å². The monoisotopic (exact) mass is 367 g/mol. The second kappa shape index (κ2) is 7.67. The van der Waals surface area contributed by atoms with Crippen LogP contribution in [0, 0.1) is 5.41 Å². The molecule has 4 rings (SSSR count). The van der Waals surface area contributed by atoms with Crippen LogP contribution in [0.15, 0.2) is 24.3 Å². The molecule has 1 amide bonds. The van der Waals surface area contributed by atoms with Crippen molar-refractivity contribution in [1.29, 1.82) is 0 Å². The number of fused-ring (bicyclic) bond motifs is 5. The molecule has 2 unspecified atom stereocenters. The lowest BCUT2D eigenvalue weighted by Crippen LogP contribution is -2.53. The molecular weight excluding hydrogens is 334 g/mol. The SMILES string of the molecule is CCCCC(=O)NCC1(CC)CCCN2CCc3c([nH]c4ccccc34)C21. The summed E-state index contributed by atoms with van der Waals surface area (Å²) in [6, 6.07) is 9.10. The number of unbranched alkanes of at least 4 members (excludes halogenated alkanes) is 1. The van der Waals surface area contributed by atoms with Gasteiger partial charge in [-0.2, -0.15) is 0 Å². The molecule has 1 aromatic heterocycles. The summed E-state index contributed by atoms with van der Waals surface area (Å²) < 4.78 is 0.